The highest BCUT2D eigenvalue weighted by molar-refractivity contribution is 5.85. The number of phenols is 1. The second kappa shape index (κ2) is 6.02. The van der Waals surface area contributed by atoms with Gasteiger partial charge in [-0.1, -0.05) is 19.1 Å². The molecule has 3 rings (SSSR count). The molecule has 2 aliphatic rings. The molecule has 0 saturated carbocycles. The van der Waals surface area contributed by atoms with Crippen LogP contribution in [0.5, 0.6) is 11.5 Å². The van der Waals surface area contributed by atoms with Crippen molar-refractivity contribution in [2.24, 2.45) is 0 Å². The molecule has 0 spiro atoms. The van der Waals surface area contributed by atoms with Crippen molar-refractivity contribution < 1.29 is 9.84 Å². The Labute approximate surface area is 121 Å². The van der Waals surface area contributed by atoms with Gasteiger partial charge in [0.05, 0.1) is 6.04 Å². The van der Waals surface area contributed by atoms with E-state index in [1.165, 1.54) is 31.4 Å². The van der Waals surface area contributed by atoms with E-state index in [0.29, 0.717) is 17.7 Å². The SMILES string of the molecule is CCCN1CCC[C@H]2c3cccc(O)c3OC[C@@H]21.Cl. The van der Waals surface area contributed by atoms with Gasteiger partial charge in [0.25, 0.3) is 0 Å². The molecular formula is C15H22ClNO2. The van der Waals surface area contributed by atoms with Gasteiger partial charge in [0.1, 0.15) is 6.61 Å². The summed E-state index contributed by atoms with van der Waals surface area (Å²) in [6, 6.07) is 6.25. The van der Waals surface area contributed by atoms with Gasteiger partial charge >= 0.3 is 0 Å². The Bertz CT molecular complexity index is 436. The lowest BCUT2D eigenvalue weighted by Gasteiger charge is -2.44. The van der Waals surface area contributed by atoms with Crippen LogP contribution in [0.4, 0.5) is 0 Å². The van der Waals surface area contributed by atoms with E-state index in [4.69, 9.17) is 4.74 Å². The van der Waals surface area contributed by atoms with Gasteiger partial charge in [-0.25, -0.2) is 0 Å². The van der Waals surface area contributed by atoms with E-state index in [2.05, 4.69) is 17.9 Å². The van der Waals surface area contributed by atoms with E-state index >= 15 is 0 Å². The highest BCUT2D eigenvalue weighted by Crippen LogP contribution is 2.44. The van der Waals surface area contributed by atoms with Gasteiger partial charge in [-0.2, -0.15) is 0 Å². The number of nitrogens with zero attached hydrogens (tertiary/aromatic N) is 1. The van der Waals surface area contributed by atoms with Crippen LogP contribution in [0.1, 0.15) is 37.7 Å². The van der Waals surface area contributed by atoms with Gasteiger partial charge in [0, 0.05) is 11.5 Å². The summed E-state index contributed by atoms with van der Waals surface area (Å²) in [5.74, 6) is 1.54. The number of para-hydroxylation sites is 1. The minimum Gasteiger partial charge on any atom is -0.504 e. The molecule has 1 N–H and O–H groups in total. The normalized spacial score (nSPS) is 25.7. The monoisotopic (exact) mass is 283 g/mol. The number of rotatable bonds is 2. The Balaban J connectivity index is 0.00000133. The summed E-state index contributed by atoms with van der Waals surface area (Å²) in [5.41, 5.74) is 1.20. The number of ether oxygens (including phenoxy) is 1. The van der Waals surface area contributed by atoms with Gasteiger partial charge in [0.2, 0.25) is 0 Å². The number of aromatic hydroxyl groups is 1. The molecule has 1 aromatic rings. The smallest absolute Gasteiger partial charge is 0.164 e. The van der Waals surface area contributed by atoms with Crippen LogP contribution in [-0.4, -0.2) is 35.7 Å². The Kier molecular flexibility index (Phi) is 4.58. The molecule has 1 saturated heterocycles. The van der Waals surface area contributed by atoms with Crippen LogP contribution in [0.3, 0.4) is 0 Å². The van der Waals surface area contributed by atoms with Gasteiger partial charge in [-0.05, 0) is 38.4 Å². The average Bonchev–Trinajstić information content (AvgIpc) is 2.40. The van der Waals surface area contributed by atoms with Crippen LogP contribution in [0.15, 0.2) is 18.2 Å². The van der Waals surface area contributed by atoms with Crippen LogP contribution in [0.2, 0.25) is 0 Å². The number of benzene rings is 1. The highest BCUT2D eigenvalue weighted by Gasteiger charge is 2.37. The van der Waals surface area contributed by atoms with Crippen LogP contribution in [-0.2, 0) is 0 Å². The molecule has 106 valence electrons. The maximum absolute atomic E-state index is 9.88. The maximum Gasteiger partial charge on any atom is 0.164 e. The van der Waals surface area contributed by atoms with Crippen molar-refractivity contribution in [2.45, 2.75) is 38.1 Å². The summed E-state index contributed by atoms with van der Waals surface area (Å²) in [6.07, 6.45) is 3.65. The molecule has 0 aliphatic carbocycles. The van der Waals surface area contributed by atoms with E-state index in [9.17, 15) is 5.11 Å². The second-order valence-corrected chi connectivity index (χ2v) is 5.36. The third-order valence-electron chi connectivity index (χ3n) is 4.23. The minimum atomic E-state index is 0. The summed E-state index contributed by atoms with van der Waals surface area (Å²) in [4.78, 5) is 2.56. The predicted octanol–water partition coefficient (Wildman–Crippen LogP) is 3.16. The number of phenolic OH excluding ortho intramolecular Hbond substituents is 1. The van der Waals surface area contributed by atoms with Gasteiger partial charge < -0.3 is 9.84 Å². The first kappa shape index (κ1) is 14.5. The lowest BCUT2D eigenvalue weighted by atomic mass is 9.81. The molecule has 2 heterocycles. The van der Waals surface area contributed by atoms with Crippen molar-refractivity contribution in [3.63, 3.8) is 0 Å². The third kappa shape index (κ3) is 2.54. The molecule has 19 heavy (non-hydrogen) atoms. The molecule has 1 fully saturated rings. The quantitative estimate of drug-likeness (QED) is 0.905. The molecular weight excluding hydrogens is 262 g/mol. The Morgan fingerprint density at radius 2 is 2.26 bits per heavy atom. The first-order chi connectivity index (χ1) is 8.81. The largest absolute Gasteiger partial charge is 0.504 e. The molecule has 2 aliphatic heterocycles. The fourth-order valence-electron chi connectivity index (χ4n) is 3.44. The van der Waals surface area contributed by atoms with E-state index in [1.807, 2.05) is 6.07 Å². The molecule has 0 radical (unpaired) electrons. The minimum absolute atomic E-state index is 0. The molecule has 0 amide bonds. The predicted molar refractivity (Wildman–Crippen MR) is 78.5 cm³/mol. The van der Waals surface area contributed by atoms with Crippen LogP contribution >= 0.6 is 12.4 Å². The van der Waals surface area contributed by atoms with Crippen molar-refractivity contribution in [3.05, 3.63) is 23.8 Å². The van der Waals surface area contributed by atoms with Crippen molar-refractivity contribution >= 4 is 12.4 Å². The van der Waals surface area contributed by atoms with Crippen molar-refractivity contribution in [3.8, 4) is 11.5 Å². The average molecular weight is 284 g/mol. The number of halogens is 1. The topological polar surface area (TPSA) is 32.7 Å². The fraction of sp³-hybridized carbons (Fsp3) is 0.600. The Morgan fingerprint density at radius 3 is 3.05 bits per heavy atom. The summed E-state index contributed by atoms with van der Waals surface area (Å²) in [5, 5.41) is 9.88. The molecule has 3 nitrogen and oxygen atoms in total. The lowest BCUT2D eigenvalue weighted by molar-refractivity contribution is 0.0643. The molecule has 0 aromatic heterocycles. The van der Waals surface area contributed by atoms with Crippen LogP contribution in [0, 0.1) is 0 Å². The summed E-state index contributed by atoms with van der Waals surface area (Å²) >= 11 is 0. The number of fused-ring (bicyclic) bond motifs is 3. The van der Waals surface area contributed by atoms with Gasteiger partial charge in [-0.15, -0.1) is 12.4 Å². The molecule has 4 heteroatoms. The zero-order chi connectivity index (χ0) is 12.5. The number of piperidine rings is 1. The summed E-state index contributed by atoms with van der Waals surface area (Å²) < 4.78 is 5.81. The summed E-state index contributed by atoms with van der Waals surface area (Å²) in [7, 11) is 0. The van der Waals surface area contributed by atoms with Crippen molar-refractivity contribution in [1.82, 2.24) is 4.90 Å². The number of hydrogen-bond acceptors (Lipinski definition) is 3. The van der Waals surface area contributed by atoms with Crippen LogP contribution < -0.4 is 4.74 Å². The molecule has 0 unspecified atom stereocenters. The van der Waals surface area contributed by atoms with Gasteiger partial charge in [-0.3, -0.25) is 4.90 Å². The Morgan fingerprint density at radius 1 is 1.42 bits per heavy atom. The van der Waals surface area contributed by atoms with Crippen molar-refractivity contribution in [2.75, 3.05) is 19.7 Å². The lowest BCUT2D eigenvalue weighted by Crippen LogP contribution is -2.49. The molecule has 0 bridgehead atoms. The molecule has 1 aromatic carbocycles. The zero-order valence-electron chi connectivity index (χ0n) is 11.3. The highest BCUT2D eigenvalue weighted by atomic mass is 35.5. The number of hydrogen-bond donors (Lipinski definition) is 1. The molecule has 2 atom stereocenters. The first-order valence-corrected chi connectivity index (χ1v) is 7.00. The standard InChI is InChI=1S/C15H21NO2.ClH/c1-2-8-16-9-4-6-11-12-5-3-7-14(17)15(12)18-10-13(11)16;/h3,5,7,11,13,17H,2,4,6,8-10H2,1H3;1H/t11-,13-;/m0./s1. The Hall–Kier alpha value is -0.930. The maximum atomic E-state index is 9.88. The van der Waals surface area contributed by atoms with E-state index in [1.54, 1.807) is 6.07 Å². The third-order valence-corrected chi connectivity index (χ3v) is 4.23. The second-order valence-electron chi connectivity index (χ2n) is 5.36. The van der Waals surface area contributed by atoms with Gasteiger partial charge in [0.15, 0.2) is 11.5 Å². The van der Waals surface area contributed by atoms with E-state index in [-0.39, 0.29) is 12.4 Å². The van der Waals surface area contributed by atoms with Crippen LogP contribution in [0.25, 0.3) is 0 Å². The zero-order valence-corrected chi connectivity index (χ0v) is 12.2. The van der Waals surface area contributed by atoms with E-state index < -0.39 is 0 Å². The van der Waals surface area contributed by atoms with Crippen molar-refractivity contribution in [1.29, 1.82) is 0 Å². The number of likely N-dealkylation sites (tertiary alicyclic amines) is 1. The van der Waals surface area contributed by atoms with E-state index in [0.717, 1.165) is 18.9 Å². The fourth-order valence-corrected chi connectivity index (χ4v) is 3.44. The first-order valence-electron chi connectivity index (χ1n) is 7.00. The summed E-state index contributed by atoms with van der Waals surface area (Å²) in [6.45, 7) is 5.29.